The van der Waals surface area contributed by atoms with Crippen LogP contribution in [0.2, 0.25) is 0 Å². The van der Waals surface area contributed by atoms with Gasteiger partial charge in [-0.05, 0) is 16.7 Å². The molecule has 0 aliphatic heterocycles. The van der Waals surface area contributed by atoms with Gasteiger partial charge in [-0.2, -0.15) is 0 Å². The molecule has 3 nitrogen and oxygen atoms in total. The van der Waals surface area contributed by atoms with E-state index in [1.165, 1.54) is 0 Å². The number of nitrogens with two attached hydrogens (primary N) is 1. The quantitative estimate of drug-likeness (QED) is 0.841. The normalized spacial score (nSPS) is 9.80. The second kappa shape index (κ2) is 7.14. The standard InChI is InChI=1S/C17H17NO2/c18-17(19)20-13-7-12-16(14-8-3-1-4-9-14)15-10-5-2-6-11-15/h1-6,8-12H,7,13H2,(H2,18,19). The van der Waals surface area contributed by atoms with Gasteiger partial charge in [0.2, 0.25) is 0 Å². The summed E-state index contributed by atoms with van der Waals surface area (Å²) in [5, 5.41) is 0. The summed E-state index contributed by atoms with van der Waals surface area (Å²) in [6, 6.07) is 20.3. The molecule has 2 rings (SSSR count). The molecule has 0 heterocycles. The van der Waals surface area contributed by atoms with E-state index < -0.39 is 6.09 Å². The minimum atomic E-state index is -0.737. The fourth-order valence-electron chi connectivity index (χ4n) is 2.00. The molecule has 0 aliphatic carbocycles. The number of hydrogen-bond donors (Lipinski definition) is 1. The molecule has 3 heteroatoms. The maximum Gasteiger partial charge on any atom is 0.404 e. The van der Waals surface area contributed by atoms with Gasteiger partial charge in [0, 0.05) is 6.42 Å². The number of benzene rings is 2. The first kappa shape index (κ1) is 13.9. The third-order valence-corrected chi connectivity index (χ3v) is 2.88. The molecule has 0 spiro atoms. The van der Waals surface area contributed by atoms with Crippen molar-refractivity contribution in [3.63, 3.8) is 0 Å². The van der Waals surface area contributed by atoms with Gasteiger partial charge in [-0.1, -0.05) is 66.7 Å². The van der Waals surface area contributed by atoms with Gasteiger partial charge >= 0.3 is 6.09 Å². The lowest BCUT2D eigenvalue weighted by molar-refractivity contribution is 0.159. The fraction of sp³-hybridized carbons (Fsp3) is 0.118. The van der Waals surface area contributed by atoms with Crippen LogP contribution in [-0.4, -0.2) is 12.7 Å². The molecule has 2 N–H and O–H groups in total. The summed E-state index contributed by atoms with van der Waals surface area (Å²) in [5.41, 5.74) is 8.35. The maximum atomic E-state index is 10.6. The average molecular weight is 267 g/mol. The summed E-state index contributed by atoms with van der Waals surface area (Å²) < 4.78 is 4.76. The molecule has 0 radical (unpaired) electrons. The zero-order chi connectivity index (χ0) is 14.2. The van der Waals surface area contributed by atoms with E-state index >= 15 is 0 Å². The topological polar surface area (TPSA) is 52.3 Å². The lowest BCUT2D eigenvalue weighted by Gasteiger charge is -2.08. The smallest absolute Gasteiger partial charge is 0.404 e. The first-order valence-electron chi connectivity index (χ1n) is 6.50. The fourth-order valence-corrected chi connectivity index (χ4v) is 2.00. The highest BCUT2D eigenvalue weighted by atomic mass is 16.5. The van der Waals surface area contributed by atoms with Crippen molar-refractivity contribution in [1.82, 2.24) is 0 Å². The van der Waals surface area contributed by atoms with Crippen LogP contribution in [-0.2, 0) is 4.74 Å². The van der Waals surface area contributed by atoms with E-state index in [1.807, 2.05) is 36.4 Å². The third kappa shape index (κ3) is 3.99. The highest BCUT2D eigenvalue weighted by Crippen LogP contribution is 2.23. The Morgan fingerprint density at radius 3 is 1.90 bits per heavy atom. The molecule has 0 fully saturated rings. The van der Waals surface area contributed by atoms with E-state index in [9.17, 15) is 4.79 Å². The second-order valence-electron chi connectivity index (χ2n) is 4.31. The van der Waals surface area contributed by atoms with Gasteiger partial charge in [0.25, 0.3) is 0 Å². The van der Waals surface area contributed by atoms with Crippen LogP contribution in [0.4, 0.5) is 4.79 Å². The van der Waals surface area contributed by atoms with Crippen LogP contribution in [0.3, 0.4) is 0 Å². The maximum absolute atomic E-state index is 10.6. The van der Waals surface area contributed by atoms with E-state index in [1.54, 1.807) is 0 Å². The van der Waals surface area contributed by atoms with Gasteiger partial charge in [-0.15, -0.1) is 0 Å². The molecule has 0 bridgehead atoms. The first-order chi connectivity index (χ1) is 9.77. The predicted octanol–water partition coefficient (Wildman–Crippen LogP) is 3.60. The minimum absolute atomic E-state index is 0.290. The van der Waals surface area contributed by atoms with Crippen molar-refractivity contribution in [1.29, 1.82) is 0 Å². The van der Waals surface area contributed by atoms with E-state index in [0.717, 1.165) is 16.7 Å². The Bertz CT molecular complexity index is 535. The molecule has 0 atom stereocenters. The number of amides is 1. The van der Waals surface area contributed by atoms with Crippen LogP contribution in [0.25, 0.3) is 5.57 Å². The van der Waals surface area contributed by atoms with E-state index in [0.29, 0.717) is 13.0 Å². The van der Waals surface area contributed by atoms with Crippen LogP contribution in [0.1, 0.15) is 17.5 Å². The number of carbonyl (C=O) groups excluding carboxylic acids is 1. The zero-order valence-corrected chi connectivity index (χ0v) is 11.2. The molecule has 102 valence electrons. The van der Waals surface area contributed by atoms with E-state index in [-0.39, 0.29) is 0 Å². The van der Waals surface area contributed by atoms with Crippen LogP contribution in [0.5, 0.6) is 0 Å². The molecule has 20 heavy (non-hydrogen) atoms. The highest BCUT2D eigenvalue weighted by Gasteiger charge is 2.03. The van der Waals surface area contributed by atoms with Crippen LogP contribution in [0, 0.1) is 0 Å². The molecule has 0 unspecified atom stereocenters. The van der Waals surface area contributed by atoms with Gasteiger partial charge < -0.3 is 10.5 Å². The molecule has 2 aromatic carbocycles. The molecule has 1 amide bonds. The predicted molar refractivity (Wildman–Crippen MR) is 80.1 cm³/mol. The Labute approximate surface area is 118 Å². The van der Waals surface area contributed by atoms with Gasteiger partial charge in [0.05, 0.1) is 6.61 Å². The van der Waals surface area contributed by atoms with Crippen molar-refractivity contribution in [2.45, 2.75) is 6.42 Å². The molecule has 0 aliphatic rings. The number of primary amides is 1. The molecule has 0 aromatic heterocycles. The van der Waals surface area contributed by atoms with Crippen molar-refractivity contribution in [2.75, 3.05) is 6.61 Å². The van der Waals surface area contributed by atoms with Crippen molar-refractivity contribution < 1.29 is 9.53 Å². The Hall–Kier alpha value is -2.55. The molecule has 0 saturated heterocycles. The number of hydrogen-bond acceptors (Lipinski definition) is 2. The van der Waals surface area contributed by atoms with E-state index in [4.69, 9.17) is 10.5 Å². The lowest BCUT2D eigenvalue weighted by atomic mass is 9.97. The SMILES string of the molecule is NC(=O)OCCC=C(c1ccccc1)c1ccccc1. The van der Waals surface area contributed by atoms with Crippen LogP contribution >= 0.6 is 0 Å². The summed E-state index contributed by atoms with van der Waals surface area (Å²) in [7, 11) is 0. The Morgan fingerprint density at radius 1 is 0.950 bits per heavy atom. The zero-order valence-electron chi connectivity index (χ0n) is 11.2. The highest BCUT2D eigenvalue weighted by molar-refractivity contribution is 5.79. The van der Waals surface area contributed by atoms with Gasteiger partial charge in [-0.25, -0.2) is 4.79 Å². The average Bonchev–Trinajstić information content (AvgIpc) is 2.49. The first-order valence-corrected chi connectivity index (χ1v) is 6.50. The van der Waals surface area contributed by atoms with E-state index in [2.05, 4.69) is 30.3 Å². The Balaban J connectivity index is 2.21. The van der Waals surface area contributed by atoms with Crippen molar-refractivity contribution in [3.8, 4) is 0 Å². The van der Waals surface area contributed by atoms with Crippen LogP contribution < -0.4 is 5.73 Å². The minimum Gasteiger partial charge on any atom is -0.449 e. The summed E-state index contributed by atoms with van der Waals surface area (Å²) in [6.45, 7) is 0.290. The summed E-state index contributed by atoms with van der Waals surface area (Å²) in [6.07, 6.45) is 1.95. The Kier molecular flexibility index (Phi) is 4.95. The Morgan fingerprint density at radius 2 is 1.45 bits per heavy atom. The van der Waals surface area contributed by atoms with Crippen LogP contribution in [0.15, 0.2) is 66.7 Å². The van der Waals surface area contributed by atoms with Gasteiger partial charge in [0.15, 0.2) is 0 Å². The van der Waals surface area contributed by atoms with Gasteiger partial charge in [-0.3, -0.25) is 0 Å². The summed E-state index contributed by atoms with van der Waals surface area (Å²) >= 11 is 0. The number of rotatable bonds is 5. The molecular weight excluding hydrogens is 250 g/mol. The lowest BCUT2D eigenvalue weighted by Crippen LogP contribution is -2.13. The largest absolute Gasteiger partial charge is 0.449 e. The molecular formula is C17H17NO2. The van der Waals surface area contributed by atoms with Crippen molar-refractivity contribution in [2.24, 2.45) is 5.73 Å². The van der Waals surface area contributed by atoms with Gasteiger partial charge in [0.1, 0.15) is 0 Å². The van der Waals surface area contributed by atoms with Crippen molar-refractivity contribution in [3.05, 3.63) is 77.9 Å². The molecule has 0 saturated carbocycles. The number of carbonyl (C=O) groups is 1. The van der Waals surface area contributed by atoms with Crippen molar-refractivity contribution >= 4 is 11.7 Å². The summed E-state index contributed by atoms with van der Waals surface area (Å²) in [4.78, 5) is 10.6. The number of ether oxygens (including phenoxy) is 1. The second-order valence-corrected chi connectivity index (χ2v) is 4.31. The molecule has 2 aromatic rings. The monoisotopic (exact) mass is 267 g/mol. The third-order valence-electron chi connectivity index (χ3n) is 2.88. The summed E-state index contributed by atoms with van der Waals surface area (Å²) in [5.74, 6) is 0.